The molecule has 9 heteroatoms. The summed E-state index contributed by atoms with van der Waals surface area (Å²) in [7, 11) is 0. The lowest BCUT2D eigenvalue weighted by atomic mass is 10.1. The number of fused-ring (bicyclic) bond motifs is 1. The van der Waals surface area contributed by atoms with Gasteiger partial charge < -0.3 is 5.32 Å². The minimum Gasteiger partial charge on any atom is -0.345 e. The molecule has 2 aromatic rings. The van der Waals surface area contributed by atoms with Crippen LogP contribution in [0.15, 0.2) is 24.3 Å². The van der Waals surface area contributed by atoms with Crippen LogP contribution in [0.4, 0.5) is 17.6 Å². The van der Waals surface area contributed by atoms with E-state index in [1.54, 1.807) is 18.2 Å². The van der Waals surface area contributed by atoms with Gasteiger partial charge in [0.1, 0.15) is 5.82 Å². The Hall–Kier alpha value is -2.16. The SMILES string of the molecule is CC(NC(=O)C1CC(F)(F)CN1)c1nc2ccccc2n1C(F)F. The van der Waals surface area contributed by atoms with Crippen LogP contribution >= 0.6 is 0 Å². The molecule has 24 heavy (non-hydrogen) atoms. The van der Waals surface area contributed by atoms with Crippen molar-refractivity contribution in [1.29, 1.82) is 0 Å². The maximum absolute atomic E-state index is 13.4. The van der Waals surface area contributed by atoms with Crippen molar-refractivity contribution in [3.63, 3.8) is 0 Å². The molecule has 0 bridgehead atoms. The first-order valence-electron chi connectivity index (χ1n) is 7.45. The second-order valence-electron chi connectivity index (χ2n) is 5.83. The highest BCUT2D eigenvalue weighted by atomic mass is 19.3. The molecule has 1 fully saturated rings. The molecule has 2 unspecified atom stereocenters. The first kappa shape index (κ1) is 16.7. The molecule has 130 valence electrons. The predicted molar refractivity (Wildman–Crippen MR) is 78.9 cm³/mol. The van der Waals surface area contributed by atoms with Gasteiger partial charge in [0.25, 0.3) is 5.92 Å². The summed E-state index contributed by atoms with van der Waals surface area (Å²) in [5, 5.41) is 4.91. The van der Waals surface area contributed by atoms with Crippen molar-refractivity contribution in [3.05, 3.63) is 30.1 Å². The fourth-order valence-electron chi connectivity index (χ4n) is 2.85. The molecule has 3 rings (SSSR count). The summed E-state index contributed by atoms with van der Waals surface area (Å²) in [4.78, 5) is 16.2. The third-order valence-corrected chi connectivity index (χ3v) is 3.99. The number of hydrogen-bond donors (Lipinski definition) is 2. The van der Waals surface area contributed by atoms with Gasteiger partial charge in [0, 0.05) is 6.42 Å². The quantitative estimate of drug-likeness (QED) is 0.839. The Morgan fingerprint density at radius 2 is 2.12 bits per heavy atom. The zero-order valence-electron chi connectivity index (χ0n) is 12.8. The van der Waals surface area contributed by atoms with E-state index in [-0.39, 0.29) is 11.3 Å². The number of halogens is 4. The number of nitrogens with one attached hydrogen (secondary N) is 2. The summed E-state index contributed by atoms with van der Waals surface area (Å²) in [6.07, 6.45) is -0.614. The second-order valence-corrected chi connectivity index (χ2v) is 5.83. The molecule has 5 nitrogen and oxygen atoms in total. The van der Waals surface area contributed by atoms with Crippen molar-refractivity contribution in [1.82, 2.24) is 20.2 Å². The van der Waals surface area contributed by atoms with Gasteiger partial charge in [-0.2, -0.15) is 8.78 Å². The van der Waals surface area contributed by atoms with Gasteiger partial charge in [-0.1, -0.05) is 12.1 Å². The Bertz CT molecular complexity index is 761. The largest absolute Gasteiger partial charge is 0.345 e. The molecule has 1 amide bonds. The lowest BCUT2D eigenvalue weighted by Crippen LogP contribution is -2.42. The highest BCUT2D eigenvalue weighted by Crippen LogP contribution is 2.28. The number of amides is 1. The van der Waals surface area contributed by atoms with Gasteiger partial charge in [0.2, 0.25) is 5.91 Å². The molecule has 1 aliphatic rings. The van der Waals surface area contributed by atoms with Crippen LogP contribution in [0.3, 0.4) is 0 Å². The van der Waals surface area contributed by atoms with Crippen molar-refractivity contribution >= 4 is 16.9 Å². The Kier molecular flexibility index (Phi) is 4.20. The van der Waals surface area contributed by atoms with Gasteiger partial charge in [-0.25, -0.2) is 13.8 Å². The smallest absolute Gasteiger partial charge is 0.320 e. The highest BCUT2D eigenvalue weighted by Gasteiger charge is 2.42. The Morgan fingerprint density at radius 3 is 2.75 bits per heavy atom. The standard InChI is InChI=1S/C15H16F4N4O/c1-8(21-13(24)10-6-15(18,19)7-20-10)12-22-9-4-2-3-5-11(9)23(12)14(16)17/h2-5,8,10,14,20H,6-7H2,1H3,(H,21,24). The van der Waals surface area contributed by atoms with Crippen LogP contribution in [0.25, 0.3) is 11.0 Å². The summed E-state index contributed by atoms with van der Waals surface area (Å²) in [5.41, 5.74) is 0.619. The summed E-state index contributed by atoms with van der Waals surface area (Å²) in [6, 6.07) is 4.47. The van der Waals surface area contributed by atoms with E-state index in [0.29, 0.717) is 5.52 Å². The molecular formula is C15H16F4N4O. The van der Waals surface area contributed by atoms with E-state index in [9.17, 15) is 22.4 Å². The first-order valence-corrected chi connectivity index (χ1v) is 7.45. The Balaban J connectivity index is 1.82. The topological polar surface area (TPSA) is 59.0 Å². The number of benzene rings is 1. The fraction of sp³-hybridized carbons (Fsp3) is 0.467. The second kappa shape index (κ2) is 6.04. The lowest BCUT2D eigenvalue weighted by molar-refractivity contribution is -0.124. The van der Waals surface area contributed by atoms with E-state index >= 15 is 0 Å². The number of aromatic nitrogens is 2. The van der Waals surface area contributed by atoms with E-state index in [4.69, 9.17) is 0 Å². The van der Waals surface area contributed by atoms with Crippen molar-refractivity contribution in [2.24, 2.45) is 0 Å². The van der Waals surface area contributed by atoms with Crippen LogP contribution in [-0.2, 0) is 4.79 Å². The molecule has 2 N–H and O–H groups in total. The molecular weight excluding hydrogens is 328 g/mol. The van der Waals surface area contributed by atoms with Gasteiger partial charge in [-0.15, -0.1) is 0 Å². The molecule has 0 spiro atoms. The van der Waals surface area contributed by atoms with Crippen molar-refractivity contribution in [2.75, 3.05) is 6.54 Å². The van der Waals surface area contributed by atoms with Crippen molar-refractivity contribution in [3.8, 4) is 0 Å². The number of carbonyl (C=O) groups excluding carboxylic acids is 1. The van der Waals surface area contributed by atoms with Crippen LogP contribution < -0.4 is 10.6 Å². The Labute approximate surface area is 135 Å². The summed E-state index contributed by atoms with van der Waals surface area (Å²) >= 11 is 0. The average Bonchev–Trinajstić information content (AvgIpc) is 3.07. The van der Waals surface area contributed by atoms with Crippen LogP contribution in [0.5, 0.6) is 0 Å². The number of para-hydroxylation sites is 2. The van der Waals surface area contributed by atoms with E-state index < -0.39 is 43.4 Å². The molecule has 0 saturated carbocycles. The summed E-state index contributed by atoms with van der Waals surface area (Å²) < 4.78 is 53.8. The maximum atomic E-state index is 13.4. The van der Waals surface area contributed by atoms with E-state index in [1.165, 1.54) is 13.0 Å². The first-order chi connectivity index (χ1) is 11.3. The maximum Gasteiger partial charge on any atom is 0.320 e. The van der Waals surface area contributed by atoms with Crippen LogP contribution in [0.2, 0.25) is 0 Å². The van der Waals surface area contributed by atoms with Crippen molar-refractivity contribution in [2.45, 2.75) is 37.9 Å². The molecule has 2 atom stereocenters. The molecule has 0 radical (unpaired) electrons. The van der Waals surface area contributed by atoms with E-state index in [1.807, 2.05) is 0 Å². The minimum atomic E-state index is -2.94. The van der Waals surface area contributed by atoms with Crippen molar-refractivity contribution < 1.29 is 22.4 Å². The zero-order valence-corrected chi connectivity index (χ0v) is 12.8. The number of imidazole rings is 1. The van der Waals surface area contributed by atoms with Gasteiger partial charge in [-0.3, -0.25) is 14.7 Å². The molecule has 1 aliphatic heterocycles. The monoisotopic (exact) mass is 344 g/mol. The van der Waals surface area contributed by atoms with Crippen LogP contribution in [-0.4, -0.2) is 34.0 Å². The van der Waals surface area contributed by atoms with Gasteiger partial charge in [0.15, 0.2) is 0 Å². The molecule has 2 heterocycles. The molecule has 1 saturated heterocycles. The number of alkyl halides is 4. The highest BCUT2D eigenvalue weighted by molar-refractivity contribution is 5.83. The number of hydrogen-bond acceptors (Lipinski definition) is 3. The van der Waals surface area contributed by atoms with Gasteiger partial charge >= 0.3 is 6.55 Å². The molecule has 1 aromatic carbocycles. The van der Waals surface area contributed by atoms with Gasteiger partial charge in [0.05, 0.1) is 29.7 Å². The number of nitrogens with zero attached hydrogens (tertiary/aromatic N) is 2. The third-order valence-electron chi connectivity index (χ3n) is 3.99. The number of rotatable bonds is 4. The van der Waals surface area contributed by atoms with E-state index in [0.717, 1.165) is 4.57 Å². The van der Waals surface area contributed by atoms with Crippen LogP contribution in [0.1, 0.15) is 31.8 Å². The normalized spacial score (nSPS) is 21.3. The van der Waals surface area contributed by atoms with Gasteiger partial charge in [-0.05, 0) is 19.1 Å². The zero-order chi connectivity index (χ0) is 17.5. The average molecular weight is 344 g/mol. The predicted octanol–water partition coefficient (Wildman–Crippen LogP) is 2.61. The lowest BCUT2D eigenvalue weighted by Gasteiger charge is -2.18. The van der Waals surface area contributed by atoms with E-state index in [2.05, 4.69) is 15.6 Å². The third kappa shape index (κ3) is 3.08. The molecule has 0 aliphatic carbocycles. The number of carbonyl (C=O) groups is 1. The Morgan fingerprint density at radius 1 is 1.42 bits per heavy atom. The molecule has 1 aromatic heterocycles. The summed E-state index contributed by atoms with van der Waals surface area (Å²) in [6.45, 7) is -1.92. The summed E-state index contributed by atoms with van der Waals surface area (Å²) in [5.74, 6) is -3.63. The van der Waals surface area contributed by atoms with Crippen LogP contribution in [0, 0.1) is 0 Å². The minimum absolute atomic E-state index is 0.0238. The fourth-order valence-corrected chi connectivity index (χ4v) is 2.85.